The molecule has 0 saturated carbocycles. The molecule has 0 unspecified atom stereocenters. The summed E-state index contributed by atoms with van der Waals surface area (Å²) in [7, 11) is 0. The first-order valence-corrected chi connectivity index (χ1v) is 6.13. The zero-order chi connectivity index (χ0) is 13.0. The molecule has 2 rings (SSSR count). The van der Waals surface area contributed by atoms with Crippen molar-refractivity contribution in [3.63, 3.8) is 0 Å². The van der Waals surface area contributed by atoms with Crippen molar-refractivity contribution >= 4 is 17.5 Å². The van der Waals surface area contributed by atoms with Crippen LogP contribution in [0.5, 0.6) is 0 Å². The second-order valence-electron chi connectivity index (χ2n) is 4.09. The lowest BCUT2D eigenvalue weighted by Gasteiger charge is -2.08. The average Bonchev–Trinajstić information content (AvgIpc) is 2.38. The molecule has 1 N–H and O–H groups in total. The summed E-state index contributed by atoms with van der Waals surface area (Å²) in [5, 5.41) is 3.54. The molecule has 3 heteroatoms. The lowest BCUT2D eigenvalue weighted by atomic mass is 10.1. The second kappa shape index (κ2) is 5.69. The Morgan fingerprint density at radius 3 is 2.50 bits per heavy atom. The minimum atomic E-state index is -0.0759. The monoisotopic (exact) mass is 259 g/mol. The number of amides is 1. The first kappa shape index (κ1) is 12.7. The summed E-state index contributed by atoms with van der Waals surface area (Å²) in [5.41, 5.74) is 2.58. The standard InChI is InChI=1S/C15H14ClNO/c1-11-6-2-4-8-13(11)15(18)17-10-12-7-3-5-9-14(12)16/h2-9H,10H2,1H3,(H,17,18). The molecule has 0 aromatic heterocycles. The summed E-state index contributed by atoms with van der Waals surface area (Å²) in [6.45, 7) is 2.36. The van der Waals surface area contributed by atoms with E-state index in [1.54, 1.807) is 0 Å². The zero-order valence-electron chi connectivity index (χ0n) is 10.1. The quantitative estimate of drug-likeness (QED) is 0.897. The van der Waals surface area contributed by atoms with E-state index in [0.717, 1.165) is 11.1 Å². The Balaban J connectivity index is 2.06. The van der Waals surface area contributed by atoms with Gasteiger partial charge in [0.2, 0.25) is 0 Å². The first-order chi connectivity index (χ1) is 8.68. The van der Waals surface area contributed by atoms with Crippen molar-refractivity contribution in [2.45, 2.75) is 13.5 Å². The van der Waals surface area contributed by atoms with Crippen molar-refractivity contribution < 1.29 is 4.79 Å². The minimum absolute atomic E-state index is 0.0759. The Hall–Kier alpha value is -1.80. The van der Waals surface area contributed by atoms with Gasteiger partial charge in [0.1, 0.15) is 0 Å². The molecule has 2 nitrogen and oxygen atoms in total. The SMILES string of the molecule is Cc1ccccc1C(=O)NCc1ccccc1Cl. The van der Waals surface area contributed by atoms with E-state index in [2.05, 4.69) is 5.32 Å². The molecule has 0 atom stereocenters. The van der Waals surface area contributed by atoms with Gasteiger partial charge in [0.25, 0.3) is 5.91 Å². The maximum absolute atomic E-state index is 12.0. The van der Waals surface area contributed by atoms with Crippen molar-refractivity contribution in [1.29, 1.82) is 0 Å². The number of nitrogens with one attached hydrogen (secondary N) is 1. The van der Waals surface area contributed by atoms with Gasteiger partial charge in [0, 0.05) is 17.1 Å². The van der Waals surface area contributed by atoms with Gasteiger partial charge in [0.15, 0.2) is 0 Å². The van der Waals surface area contributed by atoms with Crippen molar-refractivity contribution in [1.82, 2.24) is 5.32 Å². The van der Waals surface area contributed by atoms with Crippen LogP contribution >= 0.6 is 11.6 Å². The van der Waals surface area contributed by atoms with E-state index in [4.69, 9.17) is 11.6 Å². The van der Waals surface area contributed by atoms with Gasteiger partial charge >= 0.3 is 0 Å². The Bertz CT molecular complexity index is 566. The second-order valence-corrected chi connectivity index (χ2v) is 4.50. The topological polar surface area (TPSA) is 29.1 Å². The van der Waals surface area contributed by atoms with Crippen LogP contribution in [0.2, 0.25) is 5.02 Å². The number of hydrogen-bond acceptors (Lipinski definition) is 1. The summed E-state index contributed by atoms with van der Waals surface area (Å²) in [4.78, 5) is 12.0. The Labute approximate surface area is 112 Å². The predicted molar refractivity (Wildman–Crippen MR) is 73.8 cm³/mol. The number of rotatable bonds is 3. The van der Waals surface area contributed by atoms with Gasteiger partial charge in [-0.3, -0.25) is 4.79 Å². The highest BCUT2D eigenvalue weighted by Crippen LogP contribution is 2.15. The highest BCUT2D eigenvalue weighted by Gasteiger charge is 2.08. The van der Waals surface area contributed by atoms with Gasteiger partial charge < -0.3 is 5.32 Å². The van der Waals surface area contributed by atoms with Crippen LogP contribution in [0.4, 0.5) is 0 Å². The van der Waals surface area contributed by atoms with Gasteiger partial charge in [-0.15, -0.1) is 0 Å². The molecule has 0 radical (unpaired) electrons. The van der Waals surface area contributed by atoms with Crippen LogP contribution in [0.15, 0.2) is 48.5 Å². The third kappa shape index (κ3) is 2.90. The summed E-state index contributed by atoms with van der Waals surface area (Å²) in [5.74, 6) is -0.0759. The zero-order valence-corrected chi connectivity index (χ0v) is 10.9. The normalized spacial score (nSPS) is 10.1. The molecular formula is C15H14ClNO. The van der Waals surface area contributed by atoms with E-state index < -0.39 is 0 Å². The van der Waals surface area contributed by atoms with Crippen LogP contribution in [0.1, 0.15) is 21.5 Å². The van der Waals surface area contributed by atoms with Crippen molar-refractivity contribution in [3.05, 3.63) is 70.2 Å². The summed E-state index contributed by atoms with van der Waals surface area (Å²) < 4.78 is 0. The van der Waals surface area contributed by atoms with Crippen LogP contribution in [0.3, 0.4) is 0 Å². The fourth-order valence-electron chi connectivity index (χ4n) is 1.74. The number of hydrogen-bond donors (Lipinski definition) is 1. The third-order valence-electron chi connectivity index (χ3n) is 2.79. The van der Waals surface area contributed by atoms with Crippen molar-refractivity contribution in [2.24, 2.45) is 0 Å². The number of carbonyl (C=O) groups is 1. The smallest absolute Gasteiger partial charge is 0.251 e. The molecule has 0 spiro atoms. The molecule has 2 aromatic carbocycles. The van der Waals surface area contributed by atoms with E-state index in [9.17, 15) is 4.79 Å². The van der Waals surface area contributed by atoms with Gasteiger partial charge in [0.05, 0.1) is 0 Å². The number of carbonyl (C=O) groups excluding carboxylic acids is 1. The molecule has 0 fully saturated rings. The van der Waals surface area contributed by atoms with Gasteiger partial charge in [-0.1, -0.05) is 48.0 Å². The summed E-state index contributed by atoms with van der Waals surface area (Å²) in [6.07, 6.45) is 0. The van der Waals surface area contributed by atoms with E-state index in [0.29, 0.717) is 17.1 Å². The molecule has 0 aliphatic rings. The van der Waals surface area contributed by atoms with E-state index in [-0.39, 0.29) is 5.91 Å². The molecule has 0 aliphatic heterocycles. The van der Waals surface area contributed by atoms with Gasteiger partial charge in [-0.2, -0.15) is 0 Å². The lowest BCUT2D eigenvalue weighted by molar-refractivity contribution is 0.0950. The van der Waals surface area contributed by atoms with Crippen molar-refractivity contribution in [2.75, 3.05) is 0 Å². The Kier molecular flexibility index (Phi) is 4.00. The molecule has 0 heterocycles. The molecular weight excluding hydrogens is 246 g/mol. The molecule has 92 valence electrons. The molecule has 0 aliphatic carbocycles. The maximum atomic E-state index is 12.0. The lowest BCUT2D eigenvalue weighted by Crippen LogP contribution is -2.23. The fourth-order valence-corrected chi connectivity index (χ4v) is 1.94. The average molecular weight is 260 g/mol. The minimum Gasteiger partial charge on any atom is -0.348 e. The fraction of sp³-hybridized carbons (Fsp3) is 0.133. The first-order valence-electron chi connectivity index (χ1n) is 5.75. The van der Waals surface area contributed by atoms with E-state index in [1.807, 2.05) is 55.5 Å². The Morgan fingerprint density at radius 2 is 1.78 bits per heavy atom. The van der Waals surface area contributed by atoms with Gasteiger partial charge in [-0.05, 0) is 30.2 Å². The highest BCUT2D eigenvalue weighted by atomic mass is 35.5. The molecule has 2 aromatic rings. The number of aryl methyl sites for hydroxylation is 1. The van der Waals surface area contributed by atoms with Crippen LogP contribution in [0, 0.1) is 6.92 Å². The summed E-state index contributed by atoms with van der Waals surface area (Å²) in [6, 6.07) is 15.0. The highest BCUT2D eigenvalue weighted by molar-refractivity contribution is 6.31. The van der Waals surface area contributed by atoms with E-state index >= 15 is 0 Å². The largest absolute Gasteiger partial charge is 0.348 e. The van der Waals surface area contributed by atoms with Crippen LogP contribution in [-0.2, 0) is 6.54 Å². The molecule has 0 saturated heterocycles. The number of benzene rings is 2. The summed E-state index contributed by atoms with van der Waals surface area (Å²) >= 11 is 6.03. The van der Waals surface area contributed by atoms with Crippen LogP contribution in [-0.4, -0.2) is 5.91 Å². The number of halogens is 1. The molecule has 0 bridgehead atoms. The predicted octanol–water partition coefficient (Wildman–Crippen LogP) is 3.58. The molecule has 18 heavy (non-hydrogen) atoms. The third-order valence-corrected chi connectivity index (χ3v) is 3.16. The maximum Gasteiger partial charge on any atom is 0.251 e. The van der Waals surface area contributed by atoms with Gasteiger partial charge in [-0.25, -0.2) is 0 Å². The Morgan fingerprint density at radius 1 is 1.11 bits per heavy atom. The van der Waals surface area contributed by atoms with Crippen molar-refractivity contribution in [3.8, 4) is 0 Å². The van der Waals surface area contributed by atoms with E-state index in [1.165, 1.54) is 0 Å². The molecule has 1 amide bonds. The van der Waals surface area contributed by atoms with Crippen LogP contribution in [0.25, 0.3) is 0 Å². The van der Waals surface area contributed by atoms with Crippen LogP contribution < -0.4 is 5.32 Å².